The minimum Gasteiger partial charge on any atom is -0.367 e. The summed E-state index contributed by atoms with van der Waals surface area (Å²) >= 11 is 0. The molecule has 3 aromatic rings. The monoisotopic (exact) mass is 388 g/mol. The number of nitrogens with zero attached hydrogens (tertiary/aromatic N) is 2. The topological polar surface area (TPSA) is 40.6 Å². The highest BCUT2D eigenvalue weighted by molar-refractivity contribution is 7.89. The molecule has 0 aliphatic carbocycles. The molecular formula is C20H18F2N2O2S. The average molecular weight is 388 g/mol. The first-order valence-electron chi connectivity index (χ1n) is 8.64. The van der Waals surface area contributed by atoms with E-state index in [1.807, 2.05) is 24.3 Å². The fourth-order valence-corrected chi connectivity index (χ4v) is 4.84. The van der Waals surface area contributed by atoms with E-state index in [1.165, 1.54) is 16.4 Å². The lowest BCUT2D eigenvalue weighted by atomic mass is 10.1. The molecule has 3 aromatic carbocycles. The summed E-state index contributed by atoms with van der Waals surface area (Å²) in [5.74, 6) is -1.27. The number of rotatable bonds is 3. The predicted molar refractivity (Wildman–Crippen MR) is 101 cm³/mol. The maximum absolute atomic E-state index is 14.0. The van der Waals surface area contributed by atoms with Crippen molar-refractivity contribution in [2.75, 3.05) is 31.1 Å². The van der Waals surface area contributed by atoms with Crippen molar-refractivity contribution >= 4 is 26.5 Å². The molecule has 4 rings (SSSR count). The molecule has 1 saturated heterocycles. The van der Waals surface area contributed by atoms with E-state index in [9.17, 15) is 17.2 Å². The van der Waals surface area contributed by atoms with Gasteiger partial charge in [-0.15, -0.1) is 0 Å². The van der Waals surface area contributed by atoms with Crippen LogP contribution >= 0.6 is 0 Å². The Morgan fingerprint density at radius 2 is 1.48 bits per heavy atom. The van der Waals surface area contributed by atoms with E-state index < -0.39 is 21.7 Å². The third-order valence-electron chi connectivity index (χ3n) is 4.85. The fourth-order valence-electron chi connectivity index (χ4n) is 3.38. The predicted octanol–water partition coefficient (Wildman–Crippen LogP) is 3.63. The fraction of sp³-hybridized carbons (Fsp3) is 0.200. The summed E-state index contributed by atoms with van der Waals surface area (Å²) in [7, 11) is -3.62. The molecule has 0 amide bonds. The Bertz CT molecular complexity index is 1090. The molecule has 0 unspecified atom stereocenters. The van der Waals surface area contributed by atoms with E-state index in [4.69, 9.17) is 0 Å². The van der Waals surface area contributed by atoms with E-state index in [1.54, 1.807) is 23.1 Å². The zero-order chi connectivity index (χ0) is 19.0. The van der Waals surface area contributed by atoms with Crippen LogP contribution in [-0.2, 0) is 10.0 Å². The Kier molecular flexibility index (Phi) is 4.57. The molecule has 0 aromatic heterocycles. The van der Waals surface area contributed by atoms with E-state index in [0.29, 0.717) is 18.8 Å². The molecule has 1 heterocycles. The van der Waals surface area contributed by atoms with Crippen molar-refractivity contribution in [2.45, 2.75) is 4.90 Å². The summed E-state index contributed by atoms with van der Waals surface area (Å²) in [6.45, 7) is 1.17. The molecular weight excluding hydrogens is 370 g/mol. The summed E-state index contributed by atoms with van der Waals surface area (Å²) in [5, 5.41) is 1.85. The van der Waals surface area contributed by atoms with Crippen LogP contribution in [-0.4, -0.2) is 38.9 Å². The van der Waals surface area contributed by atoms with Crippen LogP contribution in [0.4, 0.5) is 14.5 Å². The highest BCUT2D eigenvalue weighted by Crippen LogP contribution is 2.25. The molecule has 1 aliphatic heterocycles. The smallest absolute Gasteiger partial charge is 0.243 e. The third kappa shape index (κ3) is 3.40. The lowest BCUT2D eigenvalue weighted by molar-refractivity contribution is 0.383. The number of piperazine rings is 1. The van der Waals surface area contributed by atoms with Crippen LogP contribution in [0.5, 0.6) is 0 Å². The molecule has 0 radical (unpaired) electrons. The van der Waals surface area contributed by atoms with Gasteiger partial charge in [0.05, 0.1) is 10.6 Å². The number of fused-ring (bicyclic) bond motifs is 1. The van der Waals surface area contributed by atoms with Crippen LogP contribution in [0.15, 0.2) is 65.6 Å². The highest BCUT2D eigenvalue weighted by atomic mass is 32.2. The Balaban J connectivity index is 1.54. The Hall–Kier alpha value is -2.51. The molecule has 1 aliphatic rings. The number of benzene rings is 3. The number of halogens is 2. The van der Waals surface area contributed by atoms with E-state index in [0.717, 1.165) is 16.8 Å². The Morgan fingerprint density at radius 1 is 0.778 bits per heavy atom. The highest BCUT2D eigenvalue weighted by Gasteiger charge is 2.29. The van der Waals surface area contributed by atoms with Crippen molar-refractivity contribution in [3.63, 3.8) is 0 Å². The number of hydrogen-bond donors (Lipinski definition) is 0. The first-order chi connectivity index (χ1) is 12.9. The first kappa shape index (κ1) is 17.9. The van der Waals surface area contributed by atoms with Crippen molar-refractivity contribution in [1.29, 1.82) is 0 Å². The summed E-state index contributed by atoms with van der Waals surface area (Å²) < 4.78 is 54.4. The van der Waals surface area contributed by atoms with Crippen molar-refractivity contribution in [1.82, 2.24) is 4.31 Å². The van der Waals surface area contributed by atoms with E-state index in [2.05, 4.69) is 0 Å². The van der Waals surface area contributed by atoms with Gasteiger partial charge in [0.1, 0.15) is 11.6 Å². The molecule has 140 valence electrons. The Morgan fingerprint density at radius 3 is 2.19 bits per heavy atom. The molecule has 1 fully saturated rings. The second-order valence-electron chi connectivity index (χ2n) is 6.50. The minimum absolute atomic E-state index is 0.242. The van der Waals surface area contributed by atoms with Crippen LogP contribution in [0.1, 0.15) is 0 Å². The average Bonchev–Trinajstić information content (AvgIpc) is 2.68. The summed E-state index contributed by atoms with van der Waals surface area (Å²) in [5.41, 5.74) is 0.291. The van der Waals surface area contributed by atoms with Gasteiger partial charge in [-0.05, 0) is 35.0 Å². The van der Waals surface area contributed by atoms with Crippen molar-refractivity contribution in [3.8, 4) is 0 Å². The van der Waals surface area contributed by atoms with Gasteiger partial charge in [0.2, 0.25) is 10.0 Å². The molecule has 0 spiro atoms. The zero-order valence-corrected chi connectivity index (χ0v) is 15.3. The van der Waals surface area contributed by atoms with Gasteiger partial charge in [0.15, 0.2) is 0 Å². The second-order valence-corrected chi connectivity index (χ2v) is 8.43. The van der Waals surface area contributed by atoms with Gasteiger partial charge >= 0.3 is 0 Å². The summed E-state index contributed by atoms with van der Waals surface area (Å²) in [6.07, 6.45) is 0. The van der Waals surface area contributed by atoms with Gasteiger partial charge in [-0.1, -0.05) is 30.3 Å². The van der Waals surface area contributed by atoms with Crippen LogP contribution in [0.25, 0.3) is 10.8 Å². The van der Waals surface area contributed by atoms with Crippen LogP contribution < -0.4 is 4.90 Å². The van der Waals surface area contributed by atoms with Gasteiger partial charge in [-0.3, -0.25) is 0 Å². The lowest BCUT2D eigenvalue weighted by Gasteiger charge is -2.35. The number of hydrogen-bond acceptors (Lipinski definition) is 3. The zero-order valence-electron chi connectivity index (χ0n) is 14.5. The first-order valence-corrected chi connectivity index (χ1v) is 10.1. The molecule has 0 N–H and O–H groups in total. The molecule has 4 nitrogen and oxygen atoms in total. The molecule has 0 atom stereocenters. The largest absolute Gasteiger partial charge is 0.367 e. The quantitative estimate of drug-likeness (QED) is 0.688. The molecule has 0 bridgehead atoms. The van der Waals surface area contributed by atoms with Crippen molar-refractivity contribution < 1.29 is 17.2 Å². The van der Waals surface area contributed by atoms with Crippen molar-refractivity contribution in [3.05, 3.63) is 72.3 Å². The minimum atomic E-state index is -3.62. The van der Waals surface area contributed by atoms with Crippen LogP contribution in [0, 0.1) is 11.6 Å². The van der Waals surface area contributed by atoms with Gasteiger partial charge in [-0.25, -0.2) is 17.2 Å². The van der Waals surface area contributed by atoms with E-state index in [-0.39, 0.29) is 18.0 Å². The summed E-state index contributed by atoms with van der Waals surface area (Å²) in [6, 6.07) is 16.1. The summed E-state index contributed by atoms with van der Waals surface area (Å²) in [4.78, 5) is 1.99. The molecule has 0 saturated carbocycles. The van der Waals surface area contributed by atoms with Gasteiger partial charge in [0, 0.05) is 32.2 Å². The third-order valence-corrected chi connectivity index (χ3v) is 6.74. The number of anilines is 1. The lowest BCUT2D eigenvalue weighted by Crippen LogP contribution is -2.48. The van der Waals surface area contributed by atoms with Gasteiger partial charge in [0.25, 0.3) is 0 Å². The van der Waals surface area contributed by atoms with Gasteiger partial charge in [-0.2, -0.15) is 4.31 Å². The molecule has 27 heavy (non-hydrogen) atoms. The SMILES string of the molecule is O=S(=O)(c1ccc2ccccc2c1)N1CCN(c2ccc(F)cc2F)CC1. The maximum Gasteiger partial charge on any atom is 0.243 e. The van der Waals surface area contributed by atoms with E-state index >= 15 is 0 Å². The maximum atomic E-state index is 14.0. The van der Waals surface area contributed by atoms with Crippen molar-refractivity contribution in [2.24, 2.45) is 0 Å². The second kappa shape index (κ2) is 6.90. The number of sulfonamides is 1. The van der Waals surface area contributed by atoms with Gasteiger partial charge < -0.3 is 4.90 Å². The molecule has 7 heteroatoms. The van der Waals surface area contributed by atoms with Crippen LogP contribution in [0.2, 0.25) is 0 Å². The van der Waals surface area contributed by atoms with Crippen LogP contribution in [0.3, 0.4) is 0 Å². The normalized spacial score (nSPS) is 16.0. The standard InChI is InChI=1S/C20H18F2N2O2S/c21-17-6-8-20(19(22)14-17)23-9-11-24(12-10-23)27(25,26)18-7-5-15-3-1-2-4-16(15)13-18/h1-8,13-14H,9-12H2. The Labute approximate surface area is 156 Å².